The van der Waals surface area contributed by atoms with Gasteiger partial charge >= 0.3 is 0 Å². The molecule has 64 valence electrons. The Morgan fingerprint density at radius 1 is 1.33 bits per heavy atom. The van der Waals surface area contributed by atoms with Crippen molar-refractivity contribution in [1.29, 1.82) is 0 Å². The van der Waals surface area contributed by atoms with Crippen LogP contribution in [-0.2, 0) is 11.2 Å². The summed E-state index contributed by atoms with van der Waals surface area (Å²) in [5.74, 6) is 0.226. The van der Waals surface area contributed by atoms with Crippen LogP contribution in [0.5, 0.6) is 0 Å². The summed E-state index contributed by atoms with van der Waals surface area (Å²) >= 11 is 0. The van der Waals surface area contributed by atoms with Crippen molar-refractivity contribution in [3.63, 3.8) is 0 Å². The Morgan fingerprint density at radius 3 is 2.58 bits per heavy atom. The number of benzene rings is 1. The van der Waals surface area contributed by atoms with Crippen molar-refractivity contribution in [2.24, 2.45) is 0 Å². The Morgan fingerprint density at radius 2 is 2.00 bits per heavy atom. The maximum atomic E-state index is 11.1. The number of nitrogens with one attached hydrogen (secondary N) is 1. The van der Waals surface area contributed by atoms with Crippen molar-refractivity contribution < 1.29 is 4.79 Å². The number of carbonyl (C=O) groups is 1. The van der Waals surface area contributed by atoms with Crippen molar-refractivity contribution in [3.8, 4) is 0 Å². The van der Waals surface area contributed by atoms with Gasteiger partial charge in [-0.25, -0.2) is 0 Å². The molecule has 0 atom stereocenters. The molecule has 0 radical (unpaired) electrons. The number of rotatable bonds is 4. The third kappa shape index (κ3) is 2.84. The number of Topliss-reactive ketones (excluding diaryl/α,β-unsaturated/α-hetero) is 1. The summed E-state index contributed by atoms with van der Waals surface area (Å²) in [4.78, 5) is 11.1. The van der Waals surface area contributed by atoms with Gasteiger partial charge in [-0.2, -0.15) is 0 Å². The Bertz CT molecular complexity index is 243. The molecule has 0 saturated heterocycles. The van der Waals surface area contributed by atoms with Gasteiger partial charge in [-0.1, -0.05) is 30.3 Å². The van der Waals surface area contributed by atoms with Crippen molar-refractivity contribution in [1.82, 2.24) is 5.32 Å². The Kier molecular flexibility index (Phi) is 3.48. The molecule has 2 nitrogen and oxygen atoms in total. The Labute approximate surface area is 72.6 Å². The third-order valence-electron chi connectivity index (χ3n) is 1.62. The van der Waals surface area contributed by atoms with E-state index in [1.807, 2.05) is 30.3 Å². The highest BCUT2D eigenvalue weighted by molar-refractivity contribution is 5.82. The number of ketones is 1. The molecule has 0 unspecified atom stereocenters. The van der Waals surface area contributed by atoms with Crippen LogP contribution in [0, 0.1) is 0 Å². The molecular weight excluding hydrogens is 150 g/mol. The zero-order chi connectivity index (χ0) is 8.81. The summed E-state index contributed by atoms with van der Waals surface area (Å²) in [7, 11) is 1.78. The second-order valence-electron chi connectivity index (χ2n) is 2.73. The molecule has 0 aliphatic carbocycles. The maximum Gasteiger partial charge on any atom is 0.150 e. The second kappa shape index (κ2) is 4.67. The van der Waals surface area contributed by atoms with Crippen molar-refractivity contribution in [2.75, 3.05) is 13.6 Å². The van der Waals surface area contributed by atoms with Gasteiger partial charge in [-0.15, -0.1) is 0 Å². The molecule has 0 spiro atoms. The first-order chi connectivity index (χ1) is 5.83. The highest BCUT2D eigenvalue weighted by Crippen LogP contribution is 1.99. The van der Waals surface area contributed by atoms with Gasteiger partial charge in [0.2, 0.25) is 0 Å². The number of carbonyl (C=O) groups excluding carboxylic acids is 1. The zero-order valence-electron chi connectivity index (χ0n) is 7.21. The number of likely N-dealkylation sites (N-methyl/N-ethyl adjacent to an activating group) is 1. The first kappa shape index (κ1) is 8.94. The monoisotopic (exact) mass is 163 g/mol. The molecule has 0 amide bonds. The van der Waals surface area contributed by atoms with E-state index in [2.05, 4.69) is 5.32 Å². The highest BCUT2D eigenvalue weighted by Gasteiger charge is 2.00. The number of hydrogen-bond acceptors (Lipinski definition) is 2. The van der Waals surface area contributed by atoms with Gasteiger partial charge in [-0.3, -0.25) is 4.79 Å². The van der Waals surface area contributed by atoms with Crippen LogP contribution in [0.1, 0.15) is 5.56 Å². The third-order valence-corrected chi connectivity index (χ3v) is 1.62. The summed E-state index contributed by atoms with van der Waals surface area (Å²) in [5.41, 5.74) is 1.08. The average molecular weight is 163 g/mol. The standard InChI is InChI=1S/C10H13NO/c1-11-8-10(12)7-9-5-3-2-4-6-9/h2-6,11H,7-8H2,1H3. The fourth-order valence-corrected chi connectivity index (χ4v) is 1.08. The Balaban J connectivity index is 2.47. The van der Waals surface area contributed by atoms with E-state index in [-0.39, 0.29) is 5.78 Å². The predicted octanol–water partition coefficient (Wildman–Crippen LogP) is 1.02. The lowest BCUT2D eigenvalue weighted by Gasteiger charge is -1.99. The molecular formula is C10H13NO. The lowest BCUT2D eigenvalue weighted by atomic mass is 10.1. The van der Waals surface area contributed by atoms with E-state index in [1.54, 1.807) is 7.05 Å². The molecule has 1 aromatic carbocycles. The van der Waals surface area contributed by atoms with Gasteiger partial charge in [0, 0.05) is 6.42 Å². The number of hydrogen-bond donors (Lipinski definition) is 1. The van der Waals surface area contributed by atoms with E-state index in [0.717, 1.165) is 5.56 Å². The first-order valence-electron chi connectivity index (χ1n) is 4.03. The van der Waals surface area contributed by atoms with Crippen LogP contribution in [0.3, 0.4) is 0 Å². The summed E-state index contributed by atoms with van der Waals surface area (Å²) < 4.78 is 0. The molecule has 0 saturated carbocycles. The van der Waals surface area contributed by atoms with Crippen molar-refractivity contribution >= 4 is 5.78 Å². The van der Waals surface area contributed by atoms with Gasteiger partial charge in [0.15, 0.2) is 5.78 Å². The average Bonchev–Trinajstić information content (AvgIpc) is 2.06. The van der Waals surface area contributed by atoms with E-state index >= 15 is 0 Å². The normalized spacial score (nSPS) is 9.75. The second-order valence-corrected chi connectivity index (χ2v) is 2.73. The van der Waals surface area contributed by atoms with Crippen LogP contribution in [0.15, 0.2) is 30.3 Å². The van der Waals surface area contributed by atoms with Gasteiger partial charge in [-0.05, 0) is 12.6 Å². The van der Waals surface area contributed by atoms with E-state index in [1.165, 1.54) is 0 Å². The topological polar surface area (TPSA) is 29.1 Å². The minimum atomic E-state index is 0.226. The van der Waals surface area contributed by atoms with Gasteiger partial charge in [0.25, 0.3) is 0 Å². The smallest absolute Gasteiger partial charge is 0.150 e. The quantitative estimate of drug-likeness (QED) is 0.718. The zero-order valence-corrected chi connectivity index (χ0v) is 7.21. The first-order valence-corrected chi connectivity index (χ1v) is 4.03. The predicted molar refractivity (Wildman–Crippen MR) is 49.1 cm³/mol. The largest absolute Gasteiger partial charge is 0.313 e. The molecule has 0 bridgehead atoms. The van der Waals surface area contributed by atoms with E-state index in [4.69, 9.17) is 0 Å². The summed E-state index contributed by atoms with van der Waals surface area (Å²) in [6, 6.07) is 9.77. The van der Waals surface area contributed by atoms with Gasteiger partial charge < -0.3 is 5.32 Å². The highest BCUT2D eigenvalue weighted by atomic mass is 16.1. The lowest BCUT2D eigenvalue weighted by molar-refractivity contribution is -0.117. The molecule has 0 heterocycles. The van der Waals surface area contributed by atoms with Crippen LogP contribution < -0.4 is 5.32 Å². The van der Waals surface area contributed by atoms with Crippen LogP contribution in [-0.4, -0.2) is 19.4 Å². The molecule has 0 fully saturated rings. The molecule has 1 rings (SSSR count). The molecule has 0 aliphatic heterocycles. The SMILES string of the molecule is CNCC(=O)Cc1ccccc1. The van der Waals surface area contributed by atoms with E-state index in [0.29, 0.717) is 13.0 Å². The minimum absolute atomic E-state index is 0.226. The molecule has 1 N–H and O–H groups in total. The van der Waals surface area contributed by atoms with E-state index < -0.39 is 0 Å². The molecule has 12 heavy (non-hydrogen) atoms. The molecule has 1 aromatic rings. The van der Waals surface area contributed by atoms with Gasteiger partial charge in [0.05, 0.1) is 6.54 Å². The lowest BCUT2D eigenvalue weighted by Crippen LogP contribution is -2.19. The maximum absolute atomic E-state index is 11.1. The summed E-state index contributed by atoms with van der Waals surface area (Å²) in [6.45, 7) is 0.453. The van der Waals surface area contributed by atoms with Crippen LogP contribution in [0.25, 0.3) is 0 Å². The Hall–Kier alpha value is -1.15. The molecule has 2 heteroatoms. The van der Waals surface area contributed by atoms with Gasteiger partial charge in [0.1, 0.15) is 0 Å². The minimum Gasteiger partial charge on any atom is -0.313 e. The molecule has 0 aromatic heterocycles. The van der Waals surface area contributed by atoms with Crippen LogP contribution >= 0.6 is 0 Å². The van der Waals surface area contributed by atoms with E-state index in [9.17, 15) is 4.79 Å². The van der Waals surface area contributed by atoms with Crippen LogP contribution in [0.2, 0.25) is 0 Å². The molecule has 0 aliphatic rings. The van der Waals surface area contributed by atoms with Crippen molar-refractivity contribution in [3.05, 3.63) is 35.9 Å². The summed E-state index contributed by atoms with van der Waals surface area (Å²) in [6.07, 6.45) is 0.529. The van der Waals surface area contributed by atoms with Crippen molar-refractivity contribution in [2.45, 2.75) is 6.42 Å². The fraction of sp³-hybridized carbons (Fsp3) is 0.300. The summed E-state index contributed by atoms with van der Waals surface area (Å²) in [5, 5.41) is 2.84. The van der Waals surface area contributed by atoms with Crippen LogP contribution in [0.4, 0.5) is 0 Å². The fourth-order valence-electron chi connectivity index (χ4n) is 1.08.